The number of aliphatic carboxylic acids is 1. The first-order chi connectivity index (χ1) is 16.0. The summed E-state index contributed by atoms with van der Waals surface area (Å²) in [7, 11) is 0. The molecule has 33 heavy (non-hydrogen) atoms. The minimum Gasteiger partial charge on any atom is -0.476 e. The molecule has 1 amide bonds. The van der Waals surface area contributed by atoms with Crippen LogP contribution in [0.2, 0.25) is 0 Å². The monoisotopic (exact) mass is 437 g/mol. The van der Waals surface area contributed by atoms with Crippen LogP contribution in [0.1, 0.15) is 23.1 Å². The lowest BCUT2D eigenvalue weighted by atomic mass is 9.97. The van der Waals surface area contributed by atoms with E-state index in [4.69, 9.17) is 0 Å². The maximum absolute atomic E-state index is 13.1. The fraction of sp³-hybridized carbons (Fsp3) is 0.148. The van der Waals surface area contributed by atoms with E-state index < -0.39 is 11.9 Å². The normalized spacial score (nSPS) is 16.7. The highest BCUT2D eigenvalue weighted by molar-refractivity contribution is 6.53. The molecular weight excluding hydrogens is 414 g/mol. The van der Waals surface area contributed by atoms with Crippen molar-refractivity contribution < 1.29 is 14.7 Å². The van der Waals surface area contributed by atoms with E-state index in [1.807, 2.05) is 18.2 Å². The Balaban J connectivity index is 1.50. The summed E-state index contributed by atoms with van der Waals surface area (Å²) in [6.07, 6.45) is 3.58. The number of hydrogen-bond acceptors (Lipinski definition) is 4. The predicted octanol–water partition coefficient (Wildman–Crippen LogP) is 4.95. The molecule has 6 nitrogen and oxygen atoms in total. The molecule has 0 unspecified atom stereocenters. The largest absolute Gasteiger partial charge is 0.476 e. The van der Waals surface area contributed by atoms with Gasteiger partial charge in [-0.3, -0.25) is 4.79 Å². The third kappa shape index (κ3) is 3.91. The molecule has 3 aromatic carbocycles. The molecule has 2 aliphatic rings. The highest BCUT2D eigenvalue weighted by Gasteiger charge is 2.35. The fourth-order valence-corrected chi connectivity index (χ4v) is 4.38. The highest BCUT2D eigenvalue weighted by Crippen LogP contribution is 2.35. The number of aryl methyl sites for hydroxylation is 2. The highest BCUT2D eigenvalue weighted by atomic mass is 16.4. The molecule has 0 atom stereocenters. The number of hydrogen-bond donors (Lipinski definition) is 1. The summed E-state index contributed by atoms with van der Waals surface area (Å²) in [4.78, 5) is 27.2. The van der Waals surface area contributed by atoms with Crippen molar-refractivity contribution in [3.8, 4) is 0 Å². The Labute approximate surface area is 192 Å². The fourth-order valence-electron chi connectivity index (χ4n) is 4.38. The van der Waals surface area contributed by atoms with Gasteiger partial charge in [-0.25, -0.2) is 4.79 Å². The maximum Gasteiger partial charge on any atom is 0.357 e. The number of para-hydroxylation sites is 1. The Bertz CT molecular complexity index is 1310. The van der Waals surface area contributed by atoms with Crippen LogP contribution >= 0.6 is 0 Å². The Morgan fingerprint density at radius 2 is 1.79 bits per heavy atom. The van der Waals surface area contributed by atoms with E-state index in [1.54, 1.807) is 30.3 Å². The van der Waals surface area contributed by atoms with Crippen LogP contribution in [0.3, 0.4) is 0 Å². The Kier molecular flexibility index (Phi) is 5.26. The number of carboxylic acids is 1. The number of anilines is 3. The zero-order valence-electron chi connectivity index (χ0n) is 18.2. The first-order valence-electron chi connectivity index (χ1n) is 10.9. The van der Waals surface area contributed by atoms with Crippen molar-refractivity contribution in [2.24, 2.45) is 5.10 Å². The number of hydrazone groups is 1. The molecule has 5 rings (SSSR count). The molecule has 1 N–H and O–H groups in total. The van der Waals surface area contributed by atoms with Crippen LogP contribution in [0, 0.1) is 6.92 Å². The number of carboxylic acid groups (broad SMARTS) is 1. The zero-order chi connectivity index (χ0) is 22.9. The maximum atomic E-state index is 13.1. The molecule has 0 aromatic heterocycles. The number of rotatable bonds is 4. The molecular formula is C27H23N3O3. The number of carbonyl (C=O) groups is 2. The first-order valence-corrected chi connectivity index (χ1v) is 10.9. The van der Waals surface area contributed by atoms with Crippen LogP contribution in [0.5, 0.6) is 0 Å². The van der Waals surface area contributed by atoms with Gasteiger partial charge in [0.25, 0.3) is 5.91 Å². The molecule has 6 heteroatoms. The smallest absolute Gasteiger partial charge is 0.357 e. The van der Waals surface area contributed by atoms with Crippen molar-refractivity contribution in [2.75, 3.05) is 16.5 Å². The van der Waals surface area contributed by atoms with E-state index in [0.717, 1.165) is 41.3 Å². The number of benzene rings is 3. The lowest BCUT2D eigenvalue weighted by Crippen LogP contribution is -2.24. The second-order valence-electron chi connectivity index (χ2n) is 8.25. The second kappa shape index (κ2) is 8.39. The number of carbonyl (C=O) groups excluding carboxylic acids is 1. The van der Waals surface area contributed by atoms with E-state index in [0.29, 0.717) is 5.69 Å². The van der Waals surface area contributed by atoms with Crippen molar-refractivity contribution in [3.05, 3.63) is 95.1 Å². The molecule has 3 aromatic rings. The third-order valence-electron chi connectivity index (χ3n) is 5.93. The topological polar surface area (TPSA) is 73.2 Å². The van der Waals surface area contributed by atoms with Gasteiger partial charge in [-0.15, -0.1) is 0 Å². The summed E-state index contributed by atoms with van der Waals surface area (Å²) in [6, 6.07) is 23.3. The SMILES string of the molecule is Cc1cccc(N2CCCc3cc(C=C4C(=O)N(c5ccccc5)N=C4C(=O)O)ccc32)c1. The van der Waals surface area contributed by atoms with Crippen molar-refractivity contribution in [1.29, 1.82) is 0 Å². The average molecular weight is 437 g/mol. The summed E-state index contributed by atoms with van der Waals surface area (Å²) >= 11 is 0. The first kappa shape index (κ1) is 20.7. The van der Waals surface area contributed by atoms with Gasteiger partial charge in [-0.1, -0.05) is 36.4 Å². The average Bonchev–Trinajstić information content (AvgIpc) is 3.15. The van der Waals surface area contributed by atoms with Crippen LogP contribution in [-0.2, 0) is 16.0 Å². The molecule has 164 valence electrons. The molecule has 0 radical (unpaired) electrons. The Morgan fingerprint density at radius 1 is 1.00 bits per heavy atom. The van der Waals surface area contributed by atoms with Crippen molar-refractivity contribution in [3.63, 3.8) is 0 Å². The second-order valence-corrected chi connectivity index (χ2v) is 8.25. The predicted molar refractivity (Wildman–Crippen MR) is 130 cm³/mol. The molecule has 0 saturated heterocycles. The standard InChI is InChI=1S/C27H23N3O3/c1-18-7-5-11-22(15-18)29-14-6-8-20-16-19(12-13-24(20)29)17-23-25(27(32)33)28-30(26(23)31)21-9-3-2-4-10-21/h2-5,7,9-13,15-17H,6,8,14H2,1H3,(H,32,33). The lowest BCUT2D eigenvalue weighted by Gasteiger charge is -2.32. The van der Waals surface area contributed by atoms with Gasteiger partial charge in [0.15, 0.2) is 5.71 Å². The van der Waals surface area contributed by atoms with E-state index in [9.17, 15) is 14.7 Å². The summed E-state index contributed by atoms with van der Waals surface area (Å²) in [5.41, 5.74) is 5.84. The van der Waals surface area contributed by atoms with Gasteiger partial charge in [0, 0.05) is 17.9 Å². The molecule has 0 fully saturated rings. The van der Waals surface area contributed by atoms with Gasteiger partial charge in [-0.05, 0) is 78.9 Å². The van der Waals surface area contributed by atoms with Gasteiger partial charge in [-0.2, -0.15) is 10.1 Å². The van der Waals surface area contributed by atoms with Crippen LogP contribution < -0.4 is 9.91 Å². The summed E-state index contributed by atoms with van der Waals surface area (Å²) in [5, 5.41) is 14.9. The summed E-state index contributed by atoms with van der Waals surface area (Å²) in [5.74, 6) is -1.67. The van der Waals surface area contributed by atoms with Crippen LogP contribution in [0.4, 0.5) is 17.1 Å². The van der Waals surface area contributed by atoms with Crippen molar-refractivity contribution >= 4 is 40.7 Å². The van der Waals surface area contributed by atoms with E-state index in [-0.39, 0.29) is 11.3 Å². The van der Waals surface area contributed by atoms with E-state index in [2.05, 4.69) is 47.3 Å². The van der Waals surface area contributed by atoms with Gasteiger partial charge in [0.1, 0.15) is 0 Å². The number of amides is 1. The number of fused-ring (bicyclic) bond motifs is 1. The van der Waals surface area contributed by atoms with E-state index in [1.165, 1.54) is 11.1 Å². The lowest BCUT2D eigenvalue weighted by molar-refractivity contribution is -0.129. The molecule has 2 aliphatic heterocycles. The van der Waals surface area contributed by atoms with Crippen molar-refractivity contribution in [2.45, 2.75) is 19.8 Å². The Hall–Kier alpha value is -4.19. The minimum absolute atomic E-state index is 0.0812. The minimum atomic E-state index is -1.23. The van der Waals surface area contributed by atoms with Crippen LogP contribution in [0.25, 0.3) is 6.08 Å². The summed E-state index contributed by atoms with van der Waals surface area (Å²) in [6.45, 7) is 3.03. The van der Waals surface area contributed by atoms with Crippen molar-refractivity contribution in [1.82, 2.24) is 0 Å². The van der Waals surface area contributed by atoms with Crippen LogP contribution in [-0.4, -0.2) is 29.2 Å². The molecule has 0 bridgehead atoms. The third-order valence-corrected chi connectivity index (χ3v) is 5.93. The quantitative estimate of drug-likeness (QED) is 0.586. The molecule has 0 aliphatic carbocycles. The van der Waals surface area contributed by atoms with Gasteiger partial charge < -0.3 is 10.0 Å². The number of nitrogens with zero attached hydrogens (tertiary/aromatic N) is 3. The molecule has 0 spiro atoms. The van der Waals surface area contributed by atoms with E-state index >= 15 is 0 Å². The van der Waals surface area contributed by atoms with Crippen LogP contribution in [0.15, 0.2) is 83.5 Å². The van der Waals surface area contributed by atoms with Gasteiger partial charge in [0.2, 0.25) is 0 Å². The summed E-state index contributed by atoms with van der Waals surface area (Å²) < 4.78 is 0. The molecule has 2 heterocycles. The Morgan fingerprint density at radius 3 is 2.55 bits per heavy atom. The van der Waals surface area contributed by atoms with Gasteiger partial charge >= 0.3 is 5.97 Å². The zero-order valence-corrected chi connectivity index (χ0v) is 18.2. The van der Waals surface area contributed by atoms with Gasteiger partial charge in [0.05, 0.1) is 11.3 Å². The molecule has 0 saturated carbocycles.